The van der Waals surface area contributed by atoms with E-state index in [2.05, 4.69) is 15.5 Å². The SMILES string of the molecule is COc1cc(Cl)c(NC(=O)c2cccn3c(-c4ccccc4F)nnc23)c(OC)c1. The van der Waals surface area contributed by atoms with Crippen LogP contribution in [0.3, 0.4) is 0 Å². The van der Waals surface area contributed by atoms with Crippen molar-refractivity contribution < 1.29 is 18.7 Å². The van der Waals surface area contributed by atoms with E-state index in [4.69, 9.17) is 21.1 Å². The standard InChI is InChI=1S/C21H16ClFN4O3/c1-29-12-10-15(22)18(17(11-12)30-2)24-21(28)14-7-5-9-27-19(25-26-20(14)27)13-6-3-4-8-16(13)23/h3-11H,1-2H3,(H,24,28). The van der Waals surface area contributed by atoms with Crippen LogP contribution in [0.5, 0.6) is 11.5 Å². The molecule has 0 atom stereocenters. The van der Waals surface area contributed by atoms with Gasteiger partial charge in [-0.1, -0.05) is 23.7 Å². The molecule has 0 unspecified atom stereocenters. The first-order valence-corrected chi connectivity index (χ1v) is 9.22. The van der Waals surface area contributed by atoms with Crippen molar-refractivity contribution in [1.29, 1.82) is 0 Å². The van der Waals surface area contributed by atoms with E-state index in [1.807, 2.05) is 0 Å². The fraction of sp³-hybridized carbons (Fsp3) is 0.0952. The number of anilines is 1. The van der Waals surface area contributed by atoms with Gasteiger partial charge in [0.25, 0.3) is 5.91 Å². The Bertz CT molecular complexity index is 1260. The summed E-state index contributed by atoms with van der Waals surface area (Å²) >= 11 is 6.29. The van der Waals surface area contributed by atoms with Crippen molar-refractivity contribution in [1.82, 2.24) is 14.6 Å². The van der Waals surface area contributed by atoms with Gasteiger partial charge in [-0.25, -0.2) is 4.39 Å². The number of hydrogen-bond acceptors (Lipinski definition) is 5. The third kappa shape index (κ3) is 3.42. The van der Waals surface area contributed by atoms with E-state index in [9.17, 15) is 9.18 Å². The Morgan fingerprint density at radius 1 is 1.10 bits per heavy atom. The van der Waals surface area contributed by atoms with Crippen LogP contribution in [-0.4, -0.2) is 34.7 Å². The number of aromatic nitrogens is 3. The fourth-order valence-corrected chi connectivity index (χ4v) is 3.31. The number of amides is 1. The molecule has 0 aliphatic rings. The molecule has 30 heavy (non-hydrogen) atoms. The Morgan fingerprint density at radius 2 is 1.90 bits per heavy atom. The largest absolute Gasteiger partial charge is 0.497 e. The molecule has 152 valence electrons. The lowest BCUT2D eigenvalue weighted by molar-refractivity contribution is 0.102. The number of carbonyl (C=O) groups excluding carboxylic acids is 1. The number of nitrogens with one attached hydrogen (secondary N) is 1. The average molecular weight is 427 g/mol. The van der Waals surface area contributed by atoms with Crippen molar-refractivity contribution in [3.05, 3.63) is 71.1 Å². The number of halogens is 2. The first-order valence-electron chi connectivity index (χ1n) is 8.85. The van der Waals surface area contributed by atoms with Crippen LogP contribution in [0.2, 0.25) is 5.02 Å². The van der Waals surface area contributed by atoms with Gasteiger partial charge in [-0.15, -0.1) is 10.2 Å². The average Bonchev–Trinajstić information content (AvgIpc) is 3.19. The molecule has 2 aromatic heterocycles. The van der Waals surface area contributed by atoms with Gasteiger partial charge in [-0.05, 0) is 24.3 Å². The molecule has 1 amide bonds. The zero-order chi connectivity index (χ0) is 21.3. The Morgan fingerprint density at radius 3 is 2.63 bits per heavy atom. The van der Waals surface area contributed by atoms with E-state index in [0.717, 1.165) is 0 Å². The lowest BCUT2D eigenvalue weighted by Crippen LogP contribution is -2.14. The van der Waals surface area contributed by atoms with Crippen LogP contribution in [0.1, 0.15) is 10.4 Å². The predicted octanol–water partition coefficient (Wildman–Crippen LogP) is 4.46. The van der Waals surface area contributed by atoms with Crippen LogP contribution in [0, 0.1) is 5.82 Å². The number of pyridine rings is 1. The van der Waals surface area contributed by atoms with Crippen molar-refractivity contribution >= 4 is 28.8 Å². The molecule has 0 aliphatic carbocycles. The number of fused-ring (bicyclic) bond motifs is 1. The molecule has 2 heterocycles. The highest BCUT2D eigenvalue weighted by molar-refractivity contribution is 6.34. The number of hydrogen-bond donors (Lipinski definition) is 1. The molecule has 4 rings (SSSR count). The summed E-state index contributed by atoms with van der Waals surface area (Å²) < 4.78 is 26.3. The van der Waals surface area contributed by atoms with Crippen LogP contribution in [0.15, 0.2) is 54.7 Å². The maximum atomic E-state index is 14.2. The van der Waals surface area contributed by atoms with Crippen molar-refractivity contribution in [2.24, 2.45) is 0 Å². The molecule has 0 radical (unpaired) electrons. The van der Waals surface area contributed by atoms with Crippen LogP contribution < -0.4 is 14.8 Å². The van der Waals surface area contributed by atoms with Crippen LogP contribution >= 0.6 is 11.6 Å². The first kappa shape index (κ1) is 19.7. The van der Waals surface area contributed by atoms with Gasteiger partial charge in [0.15, 0.2) is 11.5 Å². The van der Waals surface area contributed by atoms with Gasteiger partial charge in [-0.3, -0.25) is 9.20 Å². The molecule has 9 heteroatoms. The molecule has 0 spiro atoms. The minimum absolute atomic E-state index is 0.238. The Labute approximate surface area is 176 Å². The summed E-state index contributed by atoms with van der Waals surface area (Å²) in [5.74, 6) is 0.213. The normalized spacial score (nSPS) is 10.8. The summed E-state index contributed by atoms with van der Waals surface area (Å²) in [6.45, 7) is 0. The molecule has 0 saturated heterocycles. The minimum atomic E-state index is -0.474. The highest BCUT2D eigenvalue weighted by Crippen LogP contribution is 2.37. The number of benzene rings is 2. The first-order chi connectivity index (χ1) is 14.5. The highest BCUT2D eigenvalue weighted by atomic mass is 35.5. The molecule has 4 aromatic rings. The van der Waals surface area contributed by atoms with E-state index in [1.54, 1.807) is 53.1 Å². The topological polar surface area (TPSA) is 77.8 Å². The summed E-state index contributed by atoms with van der Waals surface area (Å²) in [6.07, 6.45) is 1.66. The van der Waals surface area contributed by atoms with Gasteiger partial charge < -0.3 is 14.8 Å². The Hall–Kier alpha value is -3.65. The van der Waals surface area contributed by atoms with E-state index in [-0.39, 0.29) is 27.6 Å². The van der Waals surface area contributed by atoms with Gasteiger partial charge in [0.1, 0.15) is 23.0 Å². The molecule has 1 N–H and O–H groups in total. The molecule has 2 aromatic carbocycles. The smallest absolute Gasteiger partial charge is 0.259 e. The predicted molar refractivity (Wildman–Crippen MR) is 111 cm³/mol. The van der Waals surface area contributed by atoms with E-state index in [1.165, 1.54) is 20.3 Å². The third-order valence-corrected chi connectivity index (χ3v) is 4.81. The zero-order valence-corrected chi connectivity index (χ0v) is 16.8. The maximum absolute atomic E-state index is 14.2. The van der Waals surface area contributed by atoms with Crippen molar-refractivity contribution in [3.8, 4) is 22.9 Å². The molecule has 0 saturated carbocycles. The second kappa shape index (κ2) is 8.00. The number of rotatable bonds is 5. The number of methoxy groups -OCH3 is 2. The minimum Gasteiger partial charge on any atom is -0.497 e. The van der Waals surface area contributed by atoms with Gasteiger partial charge >= 0.3 is 0 Å². The zero-order valence-electron chi connectivity index (χ0n) is 16.0. The molecular formula is C21H16ClFN4O3. The quantitative estimate of drug-likeness (QED) is 0.510. The van der Waals surface area contributed by atoms with Crippen LogP contribution in [0.25, 0.3) is 17.0 Å². The van der Waals surface area contributed by atoms with E-state index >= 15 is 0 Å². The third-order valence-electron chi connectivity index (χ3n) is 4.52. The lowest BCUT2D eigenvalue weighted by Gasteiger charge is -2.14. The summed E-state index contributed by atoms with van der Waals surface area (Å²) in [5, 5.41) is 11.2. The summed E-state index contributed by atoms with van der Waals surface area (Å²) in [5.41, 5.74) is 1.08. The number of nitrogens with zero attached hydrogens (tertiary/aromatic N) is 3. The van der Waals surface area contributed by atoms with Gasteiger partial charge in [0.05, 0.1) is 30.4 Å². The molecule has 7 nitrogen and oxygen atoms in total. The second-order valence-electron chi connectivity index (χ2n) is 6.26. The van der Waals surface area contributed by atoms with Gasteiger partial charge in [0, 0.05) is 18.3 Å². The molecular weight excluding hydrogens is 411 g/mol. The maximum Gasteiger partial charge on any atom is 0.259 e. The second-order valence-corrected chi connectivity index (χ2v) is 6.67. The summed E-state index contributed by atoms with van der Waals surface area (Å²) in [6, 6.07) is 12.6. The van der Waals surface area contributed by atoms with Gasteiger partial charge in [-0.2, -0.15) is 0 Å². The van der Waals surface area contributed by atoms with E-state index in [0.29, 0.717) is 17.2 Å². The van der Waals surface area contributed by atoms with Crippen LogP contribution in [0.4, 0.5) is 10.1 Å². The number of carbonyl (C=O) groups is 1. The number of ether oxygens (including phenoxy) is 2. The van der Waals surface area contributed by atoms with Crippen molar-refractivity contribution in [2.75, 3.05) is 19.5 Å². The van der Waals surface area contributed by atoms with Gasteiger partial charge in [0.2, 0.25) is 0 Å². The highest BCUT2D eigenvalue weighted by Gasteiger charge is 2.20. The summed E-state index contributed by atoms with van der Waals surface area (Å²) in [7, 11) is 2.96. The Balaban J connectivity index is 1.75. The Kier molecular flexibility index (Phi) is 5.24. The summed E-state index contributed by atoms with van der Waals surface area (Å²) in [4.78, 5) is 13.0. The van der Waals surface area contributed by atoms with Crippen molar-refractivity contribution in [2.45, 2.75) is 0 Å². The van der Waals surface area contributed by atoms with Crippen LogP contribution in [-0.2, 0) is 0 Å². The van der Waals surface area contributed by atoms with E-state index < -0.39 is 11.7 Å². The van der Waals surface area contributed by atoms with Crippen molar-refractivity contribution in [3.63, 3.8) is 0 Å². The lowest BCUT2D eigenvalue weighted by atomic mass is 10.2. The molecule has 0 fully saturated rings. The molecule has 0 aliphatic heterocycles. The fourth-order valence-electron chi connectivity index (χ4n) is 3.06. The monoisotopic (exact) mass is 426 g/mol. The molecule has 0 bridgehead atoms.